The van der Waals surface area contributed by atoms with Gasteiger partial charge < -0.3 is 5.32 Å². The molecule has 0 spiro atoms. The van der Waals surface area contributed by atoms with Crippen LogP contribution in [0, 0.1) is 21.4 Å². The van der Waals surface area contributed by atoms with E-state index in [0.29, 0.717) is 29.2 Å². The van der Waals surface area contributed by atoms with Crippen molar-refractivity contribution in [3.05, 3.63) is 34.4 Å². The summed E-state index contributed by atoms with van der Waals surface area (Å²) in [6.45, 7) is 7.17. The summed E-state index contributed by atoms with van der Waals surface area (Å²) < 4.78 is 0. The van der Waals surface area contributed by atoms with Crippen molar-refractivity contribution in [2.24, 2.45) is 11.3 Å². The van der Waals surface area contributed by atoms with Gasteiger partial charge in [0.05, 0.1) is 4.92 Å². The molecule has 2 bridgehead atoms. The van der Waals surface area contributed by atoms with Crippen LogP contribution in [-0.4, -0.2) is 34.0 Å². The molecule has 1 aromatic rings. The third-order valence-corrected chi connectivity index (χ3v) is 7.59. The molecule has 1 N–H and O–H groups in total. The summed E-state index contributed by atoms with van der Waals surface area (Å²) in [6.07, 6.45) is 10.2. The average molecular weight is 386 g/mol. The largest absolute Gasteiger partial charge is 0.377 e. The van der Waals surface area contributed by atoms with Gasteiger partial charge in [-0.1, -0.05) is 32.9 Å². The lowest BCUT2D eigenvalue weighted by Crippen LogP contribution is -2.52. The standard InChI is InChI=1S/C23H35N3O2/c1-23(2,3)16-8-10-18(11-9-16)25-19-12-13-20(25)15-17(14-19)24-21-6-4-5-7-22(21)26(27)28/h4-7,16-20,24H,8-15H2,1-3H3/t16-,17-,18+,19+,20-. The number of nitro groups is 1. The summed E-state index contributed by atoms with van der Waals surface area (Å²) in [5.74, 6) is 0.860. The van der Waals surface area contributed by atoms with E-state index in [1.54, 1.807) is 12.1 Å². The second kappa shape index (κ2) is 7.66. The van der Waals surface area contributed by atoms with Gasteiger partial charge in [-0.05, 0) is 68.8 Å². The predicted molar refractivity (Wildman–Crippen MR) is 114 cm³/mol. The molecule has 0 amide bonds. The molecule has 3 atom stereocenters. The molecule has 2 saturated heterocycles. The summed E-state index contributed by atoms with van der Waals surface area (Å²) in [6, 6.07) is 9.46. The van der Waals surface area contributed by atoms with E-state index in [0.717, 1.165) is 24.8 Å². The number of piperidine rings is 1. The maximum absolute atomic E-state index is 11.3. The lowest BCUT2D eigenvalue weighted by Gasteiger charge is -2.47. The first-order valence-electron chi connectivity index (χ1n) is 11.1. The number of fused-ring (bicyclic) bond motifs is 2. The lowest BCUT2D eigenvalue weighted by molar-refractivity contribution is -0.384. The van der Waals surface area contributed by atoms with Crippen LogP contribution >= 0.6 is 0 Å². The molecule has 0 radical (unpaired) electrons. The smallest absolute Gasteiger partial charge is 0.292 e. The van der Waals surface area contributed by atoms with E-state index in [2.05, 4.69) is 31.0 Å². The summed E-state index contributed by atoms with van der Waals surface area (Å²) in [5.41, 5.74) is 1.31. The number of benzene rings is 1. The Labute approximate surface area is 169 Å². The van der Waals surface area contributed by atoms with E-state index in [1.165, 1.54) is 38.5 Å². The van der Waals surface area contributed by atoms with Crippen molar-refractivity contribution in [2.45, 2.75) is 96.3 Å². The third kappa shape index (κ3) is 3.91. The molecule has 2 heterocycles. The minimum atomic E-state index is -0.278. The highest BCUT2D eigenvalue weighted by Crippen LogP contribution is 2.45. The Morgan fingerprint density at radius 1 is 0.964 bits per heavy atom. The van der Waals surface area contributed by atoms with Gasteiger partial charge in [-0.25, -0.2) is 0 Å². The first-order valence-corrected chi connectivity index (χ1v) is 11.1. The molecule has 5 heteroatoms. The molecule has 1 aliphatic carbocycles. The number of anilines is 1. The van der Waals surface area contributed by atoms with E-state index in [4.69, 9.17) is 0 Å². The van der Waals surface area contributed by atoms with Gasteiger partial charge in [-0.15, -0.1) is 0 Å². The second-order valence-corrected chi connectivity index (χ2v) is 10.3. The van der Waals surface area contributed by atoms with Gasteiger partial charge in [0.15, 0.2) is 0 Å². The molecule has 28 heavy (non-hydrogen) atoms. The normalized spacial score (nSPS) is 33.6. The first-order chi connectivity index (χ1) is 13.3. The average Bonchev–Trinajstić information content (AvgIpc) is 2.92. The van der Waals surface area contributed by atoms with Gasteiger partial charge in [-0.3, -0.25) is 15.0 Å². The SMILES string of the molecule is CC(C)(C)[C@H]1CC[C@@H](N2[C@@H]3CC[C@H]2C[C@@H](Nc2ccccc2[N+](=O)[O-])C3)CC1. The van der Waals surface area contributed by atoms with E-state index in [1.807, 2.05) is 12.1 Å². The van der Waals surface area contributed by atoms with Crippen molar-refractivity contribution in [1.82, 2.24) is 4.90 Å². The van der Waals surface area contributed by atoms with Gasteiger partial charge in [0.2, 0.25) is 0 Å². The van der Waals surface area contributed by atoms with Gasteiger partial charge in [0, 0.05) is 30.2 Å². The number of nitro benzene ring substituents is 1. The minimum absolute atomic E-state index is 0.192. The number of nitrogens with one attached hydrogen (secondary N) is 1. The van der Waals surface area contributed by atoms with Crippen LogP contribution < -0.4 is 5.32 Å². The highest BCUT2D eigenvalue weighted by molar-refractivity contribution is 5.61. The summed E-state index contributed by atoms with van der Waals surface area (Å²) in [4.78, 5) is 13.9. The quantitative estimate of drug-likeness (QED) is 0.541. The molecule has 1 saturated carbocycles. The lowest BCUT2D eigenvalue weighted by atomic mass is 9.71. The van der Waals surface area contributed by atoms with Crippen LogP contribution in [0.3, 0.4) is 0 Å². The molecule has 5 nitrogen and oxygen atoms in total. The third-order valence-electron chi connectivity index (χ3n) is 7.59. The van der Waals surface area contributed by atoms with Crippen LogP contribution in [0.2, 0.25) is 0 Å². The van der Waals surface area contributed by atoms with E-state index >= 15 is 0 Å². The van der Waals surface area contributed by atoms with E-state index in [9.17, 15) is 10.1 Å². The van der Waals surface area contributed by atoms with Crippen molar-refractivity contribution >= 4 is 11.4 Å². The van der Waals surface area contributed by atoms with Crippen LogP contribution in [0.25, 0.3) is 0 Å². The minimum Gasteiger partial charge on any atom is -0.377 e. The molecule has 1 aromatic carbocycles. The molecule has 0 aromatic heterocycles. The first kappa shape index (κ1) is 19.7. The van der Waals surface area contributed by atoms with E-state index < -0.39 is 0 Å². The van der Waals surface area contributed by atoms with Crippen LogP contribution in [-0.2, 0) is 0 Å². The summed E-state index contributed by atoms with van der Waals surface area (Å²) in [7, 11) is 0. The number of hydrogen-bond donors (Lipinski definition) is 1. The fraction of sp³-hybridized carbons (Fsp3) is 0.739. The van der Waals surface area contributed by atoms with Crippen LogP contribution in [0.5, 0.6) is 0 Å². The van der Waals surface area contributed by atoms with Crippen molar-refractivity contribution in [1.29, 1.82) is 0 Å². The Kier molecular flexibility index (Phi) is 5.38. The fourth-order valence-electron chi connectivity index (χ4n) is 6.14. The van der Waals surface area contributed by atoms with Crippen LogP contribution in [0.15, 0.2) is 24.3 Å². The summed E-state index contributed by atoms with van der Waals surface area (Å²) >= 11 is 0. The number of para-hydroxylation sites is 2. The highest BCUT2D eigenvalue weighted by Gasteiger charge is 2.45. The van der Waals surface area contributed by atoms with Crippen molar-refractivity contribution < 1.29 is 4.92 Å². The van der Waals surface area contributed by atoms with Crippen LogP contribution in [0.4, 0.5) is 11.4 Å². The molecule has 3 aliphatic rings. The van der Waals surface area contributed by atoms with Gasteiger partial charge >= 0.3 is 0 Å². The Bertz CT molecular complexity index is 692. The number of hydrogen-bond acceptors (Lipinski definition) is 4. The van der Waals surface area contributed by atoms with Crippen molar-refractivity contribution in [2.75, 3.05) is 5.32 Å². The molecule has 4 rings (SSSR count). The Hall–Kier alpha value is -1.62. The molecular weight excluding hydrogens is 350 g/mol. The van der Waals surface area contributed by atoms with Gasteiger partial charge in [0.25, 0.3) is 5.69 Å². The van der Waals surface area contributed by atoms with Crippen molar-refractivity contribution in [3.8, 4) is 0 Å². The molecule has 2 aliphatic heterocycles. The molecule has 3 fully saturated rings. The highest BCUT2D eigenvalue weighted by atomic mass is 16.6. The zero-order valence-corrected chi connectivity index (χ0v) is 17.6. The molecule has 154 valence electrons. The van der Waals surface area contributed by atoms with Gasteiger partial charge in [0.1, 0.15) is 5.69 Å². The van der Waals surface area contributed by atoms with E-state index in [-0.39, 0.29) is 10.6 Å². The van der Waals surface area contributed by atoms with Gasteiger partial charge in [-0.2, -0.15) is 0 Å². The second-order valence-electron chi connectivity index (χ2n) is 10.3. The molecule has 0 unspecified atom stereocenters. The Morgan fingerprint density at radius 2 is 1.54 bits per heavy atom. The fourth-order valence-corrected chi connectivity index (χ4v) is 6.14. The Balaban J connectivity index is 1.39. The number of nitrogens with zero attached hydrogens (tertiary/aromatic N) is 2. The Morgan fingerprint density at radius 3 is 2.11 bits per heavy atom. The predicted octanol–water partition coefficient (Wildman–Crippen LogP) is 5.61. The van der Waals surface area contributed by atoms with Crippen LogP contribution in [0.1, 0.15) is 72.1 Å². The zero-order valence-electron chi connectivity index (χ0n) is 17.6. The maximum atomic E-state index is 11.3. The maximum Gasteiger partial charge on any atom is 0.292 e. The topological polar surface area (TPSA) is 58.4 Å². The van der Waals surface area contributed by atoms with Crippen molar-refractivity contribution in [3.63, 3.8) is 0 Å². The molecular formula is C23H35N3O2. The monoisotopic (exact) mass is 385 g/mol. The summed E-state index contributed by atoms with van der Waals surface area (Å²) in [5, 5.41) is 14.8. The number of rotatable bonds is 4. The zero-order chi connectivity index (χ0) is 19.9.